The van der Waals surface area contributed by atoms with Gasteiger partial charge < -0.3 is 10.2 Å². The first-order valence-corrected chi connectivity index (χ1v) is 15.5. The fourth-order valence-corrected chi connectivity index (χ4v) is 6.58. The molecular formula is C31H36ClN3O4S. The topological polar surface area (TPSA) is 86.8 Å². The summed E-state index contributed by atoms with van der Waals surface area (Å²) in [5.74, 6) is -0.680. The number of rotatable bonds is 11. The number of halogens is 1. The lowest BCUT2D eigenvalue weighted by molar-refractivity contribution is -0.140. The largest absolute Gasteiger partial charge is 0.352 e. The maximum Gasteiger partial charge on any atom is 0.264 e. The second-order valence-electron chi connectivity index (χ2n) is 10.2. The number of hydrogen-bond donors (Lipinski definition) is 1. The van der Waals surface area contributed by atoms with Gasteiger partial charge in [0.25, 0.3) is 10.0 Å². The molecule has 7 nitrogen and oxygen atoms in total. The van der Waals surface area contributed by atoms with Gasteiger partial charge in [-0.25, -0.2) is 8.42 Å². The first-order chi connectivity index (χ1) is 19.2. The number of carbonyl (C=O) groups excluding carboxylic acids is 2. The van der Waals surface area contributed by atoms with E-state index in [0.29, 0.717) is 17.1 Å². The molecule has 1 fully saturated rings. The van der Waals surface area contributed by atoms with E-state index < -0.39 is 28.5 Å². The standard InChI is InChI=1S/C31H36ClN3O4S/c1-3-29(31(37)33-26-11-7-8-12-26)34(21-24-9-5-4-6-10-24)30(36)22-35(27-17-15-25(32)16-18-27)40(38,39)28-19-13-23(2)14-20-28/h4-6,9-10,13-20,26,29H,3,7-8,11-12,21-22H2,1-2H3,(H,33,37). The van der Waals surface area contributed by atoms with E-state index in [0.717, 1.165) is 41.1 Å². The number of nitrogens with zero attached hydrogens (tertiary/aromatic N) is 2. The zero-order valence-corrected chi connectivity index (χ0v) is 24.5. The van der Waals surface area contributed by atoms with Crippen LogP contribution in [0.25, 0.3) is 0 Å². The maximum absolute atomic E-state index is 14.1. The first kappa shape index (κ1) is 29.6. The third-order valence-electron chi connectivity index (χ3n) is 7.29. The minimum Gasteiger partial charge on any atom is -0.352 e. The lowest BCUT2D eigenvalue weighted by Crippen LogP contribution is -2.53. The van der Waals surface area contributed by atoms with Crippen molar-refractivity contribution >= 4 is 39.1 Å². The number of anilines is 1. The highest BCUT2D eigenvalue weighted by atomic mass is 35.5. The molecule has 0 spiro atoms. The summed E-state index contributed by atoms with van der Waals surface area (Å²) in [4.78, 5) is 29.1. The van der Waals surface area contributed by atoms with Crippen LogP contribution < -0.4 is 9.62 Å². The highest BCUT2D eigenvalue weighted by Crippen LogP contribution is 2.27. The highest BCUT2D eigenvalue weighted by molar-refractivity contribution is 7.92. The molecule has 2 amide bonds. The lowest BCUT2D eigenvalue weighted by atomic mass is 10.1. The smallest absolute Gasteiger partial charge is 0.264 e. The van der Waals surface area contributed by atoms with Crippen LogP contribution in [0.15, 0.2) is 83.8 Å². The summed E-state index contributed by atoms with van der Waals surface area (Å²) >= 11 is 6.09. The van der Waals surface area contributed by atoms with E-state index in [1.807, 2.05) is 44.2 Å². The molecule has 1 saturated carbocycles. The van der Waals surface area contributed by atoms with Crippen LogP contribution >= 0.6 is 11.6 Å². The van der Waals surface area contributed by atoms with Gasteiger partial charge in [0.2, 0.25) is 11.8 Å². The molecule has 3 aromatic carbocycles. The number of amides is 2. The van der Waals surface area contributed by atoms with Gasteiger partial charge >= 0.3 is 0 Å². The summed E-state index contributed by atoms with van der Waals surface area (Å²) in [5.41, 5.74) is 2.07. The van der Waals surface area contributed by atoms with Crippen molar-refractivity contribution in [3.8, 4) is 0 Å². The van der Waals surface area contributed by atoms with Gasteiger partial charge in [-0.1, -0.05) is 79.4 Å². The molecule has 1 aliphatic carbocycles. The molecule has 1 aliphatic rings. The highest BCUT2D eigenvalue weighted by Gasteiger charge is 2.34. The minimum atomic E-state index is -4.11. The van der Waals surface area contributed by atoms with Crippen molar-refractivity contribution in [1.29, 1.82) is 0 Å². The van der Waals surface area contributed by atoms with Crippen LogP contribution in [0.2, 0.25) is 5.02 Å². The summed E-state index contributed by atoms with van der Waals surface area (Å²) in [6.07, 6.45) is 4.38. The molecule has 212 valence electrons. The molecule has 9 heteroatoms. The molecule has 0 bridgehead atoms. The summed E-state index contributed by atoms with van der Waals surface area (Å²) in [7, 11) is -4.11. The van der Waals surface area contributed by atoms with Gasteiger partial charge in [-0.05, 0) is 68.1 Å². The Hall–Kier alpha value is -3.36. The Kier molecular flexibility index (Phi) is 9.87. The zero-order valence-electron chi connectivity index (χ0n) is 22.9. The summed E-state index contributed by atoms with van der Waals surface area (Å²) in [6.45, 7) is 3.44. The Morgan fingerprint density at radius 3 is 2.17 bits per heavy atom. The van der Waals surface area contributed by atoms with Gasteiger partial charge in [0.1, 0.15) is 12.6 Å². The molecule has 0 aromatic heterocycles. The molecule has 0 saturated heterocycles. The van der Waals surface area contributed by atoms with E-state index in [2.05, 4.69) is 5.32 Å². The molecule has 0 radical (unpaired) electrons. The predicted octanol–water partition coefficient (Wildman–Crippen LogP) is 5.71. The lowest BCUT2D eigenvalue weighted by Gasteiger charge is -2.33. The van der Waals surface area contributed by atoms with E-state index >= 15 is 0 Å². The van der Waals surface area contributed by atoms with Crippen LogP contribution in [0.5, 0.6) is 0 Å². The Morgan fingerprint density at radius 2 is 1.57 bits per heavy atom. The van der Waals surface area contributed by atoms with E-state index in [4.69, 9.17) is 11.6 Å². The number of hydrogen-bond acceptors (Lipinski definition) is 4. The Balaban J connectivity index is 1.69. The van der Waals surface area contributed by atoms with Crippen LogP contribution in [-0.2, 0) is 26.2 Å². The summed E-state index contributed by atoms with van der Waals surface area (Å²) in [5, 5.41) is 3.57. The number of sulfonamides is 1. The van der Waals surface area contributed by atoms with Crippen molar-refractivity contribution in [2.24, 2.45) is 0 Å². The van der Waals surface area contributed by atoms with Crippen LogP contribution in [0, 0.1) is 6.92 Å². The van der Waals surface area contributed by atoms with Crippen molar-refractivity contribution < 1.29 is 18.0 Å². The summed E-state index contributed by atoms with van der Waals surface area (Å²) in [6, 6.07) is 21.6. The van der Waals surface area contributed by atoms with E-state index in [-0.39, 0.29) is 23.4 Å². The second-order valence-corrected chi connectivity index (χ2v) is 12.5. The molecule has 0 heterocycles. The minimum absolute atomic E-state index is 0.0708. The molecule has 40 heavy (non-hydrogen) atoms. The number of aryl methyl sites for hydroxylation is 1. The van der Waals surface area contributed by atoms with Gasteiger partial charge in [0.05, 0.1) is 10.6 Å². The van der Waals surface area contributed by atoms with Gasteiger partial charge in [-0.3, -0.25) is 13.9 Å². The Morgan fingerprint density at radius 1 is 0.950 bits per heavy atom. The fraction of sp³-hybridized carbons (Fsp3) is 0.355. The van der Waals surface area contributed by atoms with Crippen LogP contribution in [-0.4, -0.2) is 43.8 Å². The Bertz CT molecular complexity index is 1390. The van der Waals surface area contributed by atoms with E-state index in [1.54, 1.807) is 36.4 Å². The molecule has 3 aromatic rings. The van der Waals surface area contributed by atoms with E-state index in [1.165, 1.54) is 17.0 Å². The third kappa shape index (κ3) is 7.23. The molecular weight excluding hydrogens is 546 g/mol. The zero-order chi connectivity index (χ0) is 28.7. The van der Waals surface area contributed by atoms with Gasteiger partial charge in [0.15, 0.2) is 0 Å². The number of benzene rings is 3. The summed E-state index contributed by atoms with van der Waals surface area (Å²) < 4.78 is 28.9. The maximum atomic E-state index is 14.1. The SMILES string of the molecule is CCC(C(=O)NC1CCCC1)N(Cc1ccccc1)C(=O)CN(c1ccc(Cl)cc1)S(=O)(=O)c1ccc(C)cc1. The normalized spacial score (nSPS) is 14.5. The quantitative estimate of drug-likeness (QED) is 0.314. The van der Waals surface area contributed by atoms with Gasteiger partial charge in [-0.2, -0.15) is 0 Å². The average molecular weight is 582 g/mol. The van der Waals surface area contributed by atoms with Crippen molar-refractivity contribution in [3.63, 3.8) is 0 Å². The monoisotopic (exact) mass is 581 g/mol. The predicted molar refractivity (Wildman–Crippen MR) is 159 cm³/mol. The average Bonchev–Trinajstić information content (AvgIpc) is 3.46. The van der Waals surface area contributed by atoms with E-state index in [9.17, 15) is 18.0 Å². The van der Waals surface area contributed by atoms with Gasteiger partial charge in [-0.15, -0.1) is 0 Å². The van der Waals surface area contributed by atoms with Crippen LogP contribution in [0.1, 0.15) is 50.2 Å². The fourth-order valence-electron chi connectivity index (χ4n) is 5.04. The Labute approximate surface area is 242 Å². The molecule has 1 atom stereocenters. The van der Waals surface area contributed by atoms with Crippen molar-refractivity contribution in [3.05, 3.63) is 95.0 Å². The number of nitrogens with one attached hydrogen (secondary N) is 1. The number of carbonyl (C=O) groups is 2. The third-order valence-corrected chi connectivity index (χ3v) is 9.33. The van der Waals surface area contributed by atoms with Crippen molar-refractivity contribution in [1.82, 2.24) is 10.2 Å². The second kappa shape index (κ2) is 13.3. The molecule has 0 aliphatic heterocycles. The molecule has 4 rings (SSSR count). The van der Waals surface area contributed by atoms with Crippen LogP contribution in [0.3, 0.4) is 0 Å². The molecule has 1 unspecified atom stereocenters. The molecule has 1 N–H and O–H groups in total. The first-order valence-electron chi connectivity index (χ1n) is 13.7. The van der Waals surface area contributed by atoms with Gasteiger partial charge in [0, 0.05) is 17.6 Å². The van der Waals surface area contributed by atoms with Crippen LogP contribution in [0.4, 0.5) is 5.69 Å². The van der Waals surface area contributed by atoms with Crippen molar-refractivity contribution in [2.45, 2.75) is 69.5 Å². The van der Waals surface area contributed by atoms with Crippen molar-refractivity contribution in [2.75, 3.05) is 10.8 Å².